The van der Waals surface area contributed by atoms with Crippen molar-refractivity contribution in [2.75, 3.05) is 12.3 Å². The quantitative estimate of drug-likeness (QED) is 0.725. The Morgan fingerprint density at radius 3 is 2.80 bits per heavy atom. The molecule has 1 unspecified atom stereocenters. The Kier molecular flexibility index (Phi) is 6.02. The van der Waals surface area contributed by atoms with Gasteiger partial charge in [0.2, 0.25) is 5.91 Å². The van der Waals surface area contributed by atoms with Crippen LogP contribution in [0.4, 0.5) is 5.82 Å². The lowest BCUT2D eigenvalue weighted by Crippen LogP contribution is -2.32. The Balaban J connectivity index is 2.57. The summed E-state index contributed by atoms with van der Waals surface area (Å²) in [6, 6.07) is 0.151. The third-order valence-electron chi connectivity index (χ3n) is 2.95. The minimum atomic E-state index is -0.548. The molecule has 0 fully saturated rings. The Labute approximate surface area is 118 Å². The minimum absolute atomic E-state index is 0.0508. The van der Waals surface area contributed by atoms with Crippen LogP contribution in [-0.4, -0.2) is 34.1 Å². The average molecular weight is 282 g/mol. The maximum absolute atomic E-state index is 11.7. The lowest BCUT2D eigenvalue weighted by Gasteiger charge is -2.11. The van der Waals surface area contributed by atoms with Crippen LogP contribution in [0.5, 0.6) is 0 Å². The third kappa shape index (κ3) is 4.25. The maximum Gasteiger partial charge on any atom is 0.360 e. The molecule has 0 aliphatic heterocycles. The van der Waals surface area contributed by atoms with Gasteiger partial charge in [0.25, 0.3) is 0 Å². The highest BCUT2D eigenvalue weighted by atomic mass is 16.5. The number of hydrogen-bond donors (Lipinski definition) is 2. The van der Waals surface area contributed by atoms with Crippen molar-refractivity contribution in [1.82, 2.24) is 14.9 Å². The number of nitrogen functional groups attached to an aromatic ring is 1. The summed E-state index contributed by atoms with van der Waals surface area (Å²) >= 11 is 0. The van der Waals surface area contributed by atoms with Gasteiger partial charge in [-0.3, -0.25) is 4.79 Å². The maximum atomic E-state index is 11.7. The van der Waals surface area contributed by atoms with Crippen LogP contribution < -0.4 is 11.1 Å². The van der Waals surface area contributed by atoms with Crippen molar-refractivity contribution in [3.05, 3.63) is 12.0 Å². The van der Waals surface area contributed by atoms with Crippen LogP contribution in [0.2, 0.25) is 0 Å². The number of aromatic nitrogens is 2. The molecule has 0 aliphatic carbocycles. The van der Waals surface area contributed by atoms with Crippen LogP contribution in [0.15, 0.2) is 6.33 Å². The van der Waals surface area contributed by atoms with E-state index >= 15 is 0 Å². The Bertz CT molecular complexity index is 470. The van der Waals surface area contributed by atoms with E-state index in [9.17, 15) is 9.59 Å². The predicted molar refractivity (Wildman–Crippen MR) is 75.1 cm³/mol. The Morgan fingerprint density at radius 2 is 2.20 bits per heavy atom. The largest absolute Gasteiger partial charge is 0.461 e. The fraction of sp³-hybridized carbons (Fsp3) is 0.615. The molecule has 0 aromatic carbocycles. The highest BCUT2D eigenvalue weighted by Crippen LogP contribution is 2.12. The van der Waals surface area contributed by atoms with E-state index in [0.717, 1.165) is 6.42 Å². The smallest absolute Gasteiger partial charge is 0.360 e. The zero-order valence-electron chi connectivity index (χ0n) is 12.2. The predicted octanol–water partition coefficient (Wildman–Crippen LogP) is 0.947. The summed E-state index contributed by atoms with van der Waals surface area (Å²) in [7, 11) is 0. The van der Waals surface area contributed by atoms with Gasteiger partial charge >= 0.3 is 5.97 Å². The van der Waals surface area contributed by atoms with Gasteiger partial charge in [0.1, 0.15) is 5.82 Å². The molecule has 7 heteroatoms. The lowest BCUT2D eigenvalue weighted by atomic mass is 10.2. The summed E-state index contributed by atoms with van der Waals surface area (Å²) in [5.41, 5.74) is 5.91. The summed E-state index contributed by atoms with van der Waals surface area (Å²) in [5, 5.41) is 2.86. The van der Waals surface area contributed by atoms with Crippen molar-refractivity contribution in [1.29, 1.82) is 0 Å². The standard InChI is InChI=1S/C13H22N4O3/c1-4-9(3)16-10(18)6-7-17-8-15-11(12(17)14)13(19)20-5-2/h8-9H,4-7,14H2,1-3H3,(H,16,18). The molecule has 1 aromatic rings. The normalized spacial score (nSPS) is 11.9. The highest BCUT2D eigenvalue weighted by molar-refractivity contribution is 5.92. The van der Waals surface area contributed by atoms with Gasteiger partial charge in [0.15, 0.2) is 5.69 Å². The van der Waals surface area contributed by atoms with E-state index in [1.807, 2.05) is 13.8 Å². The summed E-state index contributed by atoms with van der Waals surface area (Å²) < 4.78 is 6.41. The molecule has 1 heterocycles. The molecule has 1 atom stereocenters. The van der Waals surface area contributed by atoms with Gasteiger partial charge in [-0.05, 0) is 20.3 Å². The summed E-state index contributed by atoms with van der Waals surface area (Å²) in [4.78, 5) is 27.1. The molecular formula is C13H22N4O3. The van der Waals surface area contributed by atoms with Crippen molar-refractivity contribution in [3.8, 4) is 0 Å². The molecule has 1 amide bonds. The number of nitrogens with zero attached hydrogens (tertiary/aromatic N) is 2. The zero-order valence-corrected chi connectivity index (χ0v) is 12.2. The van der Waals surface area contributed by atoms with Crippen LogP contribution in [-0.2, 0) is 16.1 Å². The number of anilines is 1. The summed E-state index contributed by atoms with van der Waals surface area (Å²) in [6.45, 7) is 6.31. The van der Waals surface area contributed by atoms with Gasteiger partial charge in [0.05, 0.1) is 12.9 Å². The fourth-order valence-electron chi connectivity index (χ4n) is 1.60. The Hall–Kier alpha value is -2.05. The molecule has 0 spiro atoms. The van der Waals surface area contributed by atoms with Crippen molar-refractivity contribution in [3.63, 3.8) is 0 Å². The van der Waals surface area contributed by atoms with Crippen LogP contribution in [0.1, 0.15) is 44.1 Å². The molecule has 7 nitrogen and oxygen atoms in total. The number of esters is 1. The SMILES string of the molecule is CCOC(=O)c1ncn(CCC(=O)NC(C)CC)c1N. The van der Waals surface area contributed by atoms with Gasteiger partial charge in [0, 0.05) is 19.0 Å². The number of hydrogen-bond acceptors (Lipinski definition) is 5. The first kappa shape index (κ1) is 16.0. The van der Waals surface area contributed by atoms with Crippen LogP contribution >= 0.6 is 0 Å². The van der Waals surface area contributed by atoms with Crippen molar-refractivity contribution >= 4 is 17.7 Å². The number of aryl methyl sites for hydroxylation is 1. The Morgan fingerprint density at radius 1 is 1.50 bits per heavy atom. The van der Waals surface area contributed by atoms with E-state index in [0.29, 0.717) is 6.54 Å². The fourth-order valence-corrected chi connectivity index (χ4v) is 1.60. The average Bonchev–Trinajstić information content (AvgIpc) is 2.78. The molecule has 0 aliphatic rings. The first-order valence-corrected chi connectivity index (χ1v) is 6.76. The number of nitrogens with two attached hydrogens (primary N) is 1. The number of ether oxygens (including phenoxy) is 1. The molecule has 0 saturated carbocycles. The van der Waals surface area contributed by atoms with Gasteiger partial charge in [-0.1, -0.05) is 6.92 Å². The lowest BCUT2D eigenvalue weighted by molar-refractivity contribution is -0.121. The van der Waals surface area contributed by atoms with Crippen LogP contribution in [0.3, 0.4) is 0 Å². The molecule has 1 rings (SSSR count). The van der Waals surface area contributed by atoms with Crippen molar-refractivity contribution < 1.29 is 14.3 Å². The molecule has 112 valence electrons. The first-order chi connectivity index (χ1) is 9.49. The highest BCUT2D eigenvalue weighted by Gasteiger charge is 2.17. The number of nitrogens with one attached hydrogen (secondary N) is 1. The third-order valence-corrected chi connectivity index (χ3v) is 2.95. The molecule has 0 radical (unpaired) electrons. The van der Waals surface area contributed by atoms with E-state index in [-0.39, 0.29) is 36.5 Å². The molecule has 0 saturated heterocycles. The van der Waals surface area contributed by atoms with E-state index in [1.54, 1.807) is 11.5 Å². The van der Waals surface area contributed by atoms with E-state index < -0.39 is 5.97 Å². The topological polar surface area (TPSA) is 99.2 Å². The minimum Gasteiger partial charge on any atom is -0.461 e. The van der Waals surface area contributed by atoms with Gasteiger partial charge in [-0.2, -0.15) is 0 Å². The van der Waals surface area contributed by atoms with Crippen molar-refractivity contribution in [2.45, 2.75) is 46.2 Å². The van der Waals surface area contributed by atoms with Crippen molar-refractivity contribution in [2.24, 2.45) is 0 Å². The monoisotopic (exact) mass is 282 g/mol. The molecule has 3 N–H and O–H groups in total. The zero-order chi connectivity index (χ0) is 15.1. The van der Waals surface area contributed by atoms with E-state index in [1.165, 1.54) is 6.33 Å². The summed E-state index contributed by atoms with van der Waals surface area (Å²) in [6.07, 6.45) is 2.61. The number of carbonyl (C=O) groups is 2. The van der Waals surface area contributed by atoms with Gasteiger partial charge in [-0.15, -0.1) is 0 Å². The van der Waals surface area contributed by atoms with E-state index in [4.69, 9.17) is 10.5 Å². The number of carbonyl (C=O) groups excluding carboxylic acids is 2. The van der Waals surface area contributed by atoms with Gasteiger partial charge < -0.3 is 20.4 Å². The second-order valence-corrected chi connectivity index (χ2v) is 4.52. The second-order valence-electron chi connectivity index (χ2n) is 4.52. The summed E-state index contributed by atoms with van der Waals surface area (Å²) in [5.74, 6) is -0.377. The van der Waals surface area contributed by atoms with Crippen LogP contribution in [0, 0.1) is 0 Å². The number of rotatable bonds is 7. The molecule has 1 aromatic heterocycles. The number of amides is 1. The number of imidazole rings is 1. The molecule has 0 bridgehead atoms. The van der Waals surface area contributed by atoms with E-state index in [2.05, 4.69) is 10.3 Å². The molecule has 20 heavy (non-hydrogen) atoms. The van der Waals surface area contributed by atoms with Gasteiger partial charge in [-0.25, -0.2) is 9.78 Å². The first-order valence-electron chi connectivity index (χ1n) is 6.76. The second kappa shape index (κ2) is 7.52. The molecular weight excluding hydrogens is 260 g/mol. The van der Waals surface area contributed by atoms with Crippen LogP contribution in [0.25, 0.3) is 0 Å².